The lowest BCUT2D eigenvalue weighted by Gasteiger charge is -2.22. The number of aromatic nitrogens is 8. The number of fused-ring (bicyclic) bond motifs is 6. The normalized spacial score (nSPS) is 33.8. The van der Waals surface area contributed by atoms with Crippen molar-refractivity contribution in [2.24, 2.45) is 0 Å². The number of halogens is 2. The molecule has 0 spiro atoms. The highest BCUT2D eigenvalue weighted by Crippen LogP contribution is 2.51. The Morgan fingerprint density at radius 1 is 0.958 bits per heavy atom. The average molecular weight is 732 g/mol. The summed E-state index contributed by atoms with van der Waals surface area (Å²) in [6.45, 7) is -0.988. The molecule has 4 aromatic heterocycles. The Kier molecular flexibility index (Phi) is 9.37. The molecule has 24 heteroatoms. The number of hydrogen-bond donors (Lipinski definition) is 5. The van der Waals surface area contributed by atoms with Crippen molar-refractivity contribution in [2.75, 3.05) is 36.9 Å². The Balaban J connectivity index is 1.23. The highest BCUT2D eigenvalue weighted by atomic mass is 32.7. The fourth-order valence-corrected chi connectivity index (χ4v) is 7.38. The number of thiol groups is 1. The number of phosphoric ester groups is 1. The molecule has 4 N–H and O–H groups in total. The molecule has 3 aliphatic heterocycles. The summed E-state index contributed by atoms with van der Waals surface area (Å²) in [5.41, 5.74) is 0.930. The molecule has 0 saturated carbocycles. The first-order valence-corrected chi connectivity index (χ1v) is 18.1. The van der Waals surface area contributed by atoms with Gasteiger partial charge in [0.1, 0.15) is 43.2 Å². The van der Waals surface area contributed by atoms with Gasteiger partial charge in [0.05, 0.1) is 25.9 Å². The molecule has 48 heavy (non-hydrogen) atoms. The van der Waals surface area contributed by atoms with Crippen LogP contribution in [0.5, 0.6) is 0 Å². The number of aliphatic hydroxyl groups excluding tert-OH is 1. The van der Waals surface area contributed by atoms with Crippen molar-refractivity contribution in [3.05, 3.63) is 37.5 Å². The summed E-state index contributed by atoms with van der Waals surface area (Å²) in [6.07, 6.45) is -4.68. The molecule has 256 valence electrons. The van der Waals surface area contributed by atoms with Crippen molar-refractivity contribution in [3.63, 3.8) is 0 Å². The van der Waals surface area contributed by atoms with Gasteiger partial charge in [-0.2, -0.15) is 0 Å². The van der Waals surface area contributed by atoms with Crippen LogP contribution in [0.3, 0.4) is 0 Å². The predicted molar refractivity (Wildman–Crippen MR) is 164 cm³/mol. The minimum absolute atomic E-state index is 0.176. The summed E-state index contributed by atoms with van der Waals surface area (Å²) in [5.74, 6) is 0.686. The predicted octanol–water partition coefficient (Wildman–Crippen LogP) is 2.00. The van der Waals surface area contributed by atoms with Gasteiger partial charge in [0.15, 0.2) is 64.9 Å². The number of phosphoric acid groups is 1. The van der Waals surface area contributed by atoms with Crippen LogP contribution in [0.25, 0.3) is 22.3 Å². The van der Waals surface area contributed by atoms with E-state index in [9.17, 15) is 19.1 Å². The van der Waals surface area contributed by atoms with E-state index in [-0.39, 0.29) is 22.3 Å². The van der Waals surface area contributed by atoms with Crippen LogP contribution in [-0.4, -0.2) is 112 Å². The first-order chi connectivity index (χ1) is 23.1. The van der Waals surface area contributed by atoms with Gasteiger partial charge >= 0.3 is 15.1 Å². The van der Waals surface area contributed by atoms with Crippen molar-refractivity contribution in [1.82, 2.24) is 39.0 Å². The summed E-state index contributed by atoms with van der Waals surface area (Å²) in [7, 11) is -7.82. The lowest BCUT2D eigenvalue weighted by molar-refractivity contribution is -0.0547. The second-order valence-corrected chi connectivity index (χ2v) is 13.7. The van der Waals surface area contributed by atoms with Gasteiger partial charge in [0.2, 0.25) is 0 Å². The summed E-state index contributed by atoms with van der Waals surface area (Å²) in [5, 5.41) is 16.1. The second kappa shape index (κ2) is 13.5. The van der Waals surface area contributed by atoms with Crippen LogP contribution in [0.2, 0.25) is 0 Å². The third-order valence-corrected chi connectivity index (χ3v) is 9.48. The van der Waals surface area contributed by atoms with Crippen LogP contribution in [-0.2, 0) is 32.2 Å². The van der Waals surface area contributed by atoms with Crippen molar-refractivity contribution in [1.29, 1.82) is 0 Å². The minimum atomic E-state index is -5.15. The van der Waals surface area contributed by atoms with Crippen molar-refractivity contribution in [3.8, 4) is 0 Å². The first-order valence-electron chi connectivity index (χ1n) is 14.3. The molecule has 0 aromatic carbocycles. The van der Waals surface area contributed by atoms with Gasteiger partial charge in [-0.3, -0.25) is 18.2 Å². The third-order valence-electron chi connectivity index (χ3n) is 7.79. The van der Waals surface area contributed by atoms with Gasteiger partial charge in [-0.15, -0.1) is 4.52 Å². The molecule has 0 radical (unpaired) electrons. The average Bonchev–Trinajstić information content (AvgIpc) is 3.82. The number of ether oxygens (including phenoxy) is 2. The second-order valence-electron chi connectivity index (χ2n) is 10.7. The van der Waals surface area contributed by atoms with Crippen molar-refractivity contribution in [2.45, 2.75) is 49.2 Å². The smallest absolute Gasteiger partial charge is 0.394 e. The molecule has 19 nitrogen and oxygen atoms in total. The number of anilines is 2. The van der Waals surface area contributed by atoms with Crippen LogP contribution in [0, 0.1) is 0 Å². The molecule has 10 atom stereocenters. The van der Waals surface area contributed by atoms with Gasteiger partial charge in [-0.25, -0.2) is 43.2 Å². The van der Waals surface area contributed by atoms with Crippen molar-refractivity contribution < 1.29 is 51.0 Å². The minimum Gasteiger partial charge on any atom is -0.394 e. The standard InChI is InChI=1S/C24H26F2N10O9P2S/c25-13-17(44-46(38)48)12-6-41-47(39,40)45-18-11(5-37)42-24(14(18)26)36-10-34-16-20(30-8-32-22(16)36)28-4-2-1-3-27-19-15-21(31-7-29-19)35(9-33-15)23(13)43-12/h1-2,7-14,17-18,23-24,37H,3-6H2,(H3-,27,28,29,30,31,32,38,39,40,48)/p+1/b2-1+/t11?,12?,13-,14-,17-,18-,23?,24?/m1/s1. The Hall–Kier alpha value is -3.30. The number of hydrogen-bond acceptors (Lipinski definition) is 16. The van der Waals surface area contributed by atoms with Gasteiger partial charge < -0.3 is 30.1 Å². The monoisotopic (exact) mass is 731 g/mol. The molecule has 12 bridgehead atoms. The molecule has 2 fully saturated rings. The van der Waals surface area contributed by atoms with Crippen LogP contribution in [0.4, 0.5) is 20.4 Å². The zero-order valence-electron chi connectivity index (χ0n) is 24.3. The van der Waals surface area contributed by atoms with E-state index in [1.54, 1.807) is 6.08 Å². The van der Waals surface area contributed by atoms with Gasteiger partial charge in [0.25, 0.3) is 0 Å². The zero-order chi connectivity index (χ0) is 33.6. The SMILES string of the molecule is O=[P+](S)O[C@@H]1C2COP(=O)(O)O[C@@H]3C(CO)OC([C@@H]3F)n3cnc4c(ncnc43)NC/C=C/CNc3ncnc4c3ncn4C(O2)[C@@H]1F. The zero-order valence-corrected chi connectivity index (χ0v) is 27.0. The van der Waals surface area contributed by atoms with E-state index in [2.05, 4.69) is 52.8 Å². The molecular weight excluding hydrogens is 704 g/mol. The summed E-state index contributed by atoms with van der Waals surface area (Å²) >= 11 is 3.72. The van der Waals surface area contributed by atoms with Crippen LogP contribution < -0.4 is 10.6 Å². The molecule has 6 unspecified atom stereocenters. The Morgan fingerprint density at radius 2 is 1.54 bits per heavy atom. The number of aliphatic hydroxyl groups is 1. The van der Waals surface area contributed by atoms with E-state index in [1.165, 1.54) is 34.4 Å². The molecule has 2 saturated heterocycles. The van der Waals surface area contributed by atoms with E-state index in [0.717, 1.165) is 0 Å². The maximum Gasteiger partial charge on any atom is 0.582 e. The lowest BCUT2D eigenvalue weighted by atomic mass is 10.1. The Morgan fingerprint density at radius 3 is 2.10 bits per heavy atom. The topological polar surface area (TPSA) is 232 Å². The fraction of sp³-hybridized carbons (Fsp3) is 0.500. The quantitative estimate of drug-likeness (QED) is 0.115. The van der Waals surface area contributed by atoms with E-state index in [0.29, 0.717) is 24.7 Å². The maximum absolute atomic E-state index is 15.9. The van der Waals surface area contributed by atoms with E-state index in [4.69, 9.17) is 23.0 Å². The number of rotatable bonds is 3. The number of alkyl halides is 2. The highest BCUT2D eigenvalue weighted by Gasteiger charge is 2.54. The van der Waals surface area contributed by atoms with Crippen LogP contribution in [0.1, 0.15) is 12.5 Å². The summed E-state index contributed by atoms with van der Waals surface area (Å²) in [6, 6.07) is 0. The van der Waals surface area contributed by atoms with Gasteiger partial charge in [0, 0.05) is 13.1 Å². The van der Waals surface area contributed by atoms with E-state index < -0.39 is 77.5 Å². The maximum atomic E-state index is 15.9. The molecule has 4 aromatic rings. The van der Waals surface area contributed by atoms with Gasteiger partial charge in [-0.1, -0.05) is 12.2 Å². The molecule has 7 rings (SSSR count). The van der Waals surface area contributed by atoms with E-state index >= 15 is 8.78 Å². The third kappa shape index (κ3) is 6.28. The molecule has 7 heterocycles. The number of imidazole rings is 2. The Labute approximate surface area is 274 Å². The summed E-state index contributed by atoms with van der Waals surface area (Å²) in [4.78, 5) is 36.0. The highest BCUT2D eigenvalue weighted by molar-refractivity contribution is 8.39. The first kappa shape index (κ1) is 33.2. The lowest BCUT2D eigenvalue weighted by Crippen LogP contribution is -2.34. The Bertz CT molecular complexity index is 1910. The van der Waals surface area contributed by atoms with E-state index in [1.807, 2.05) is 6.08 Å². The van der Waals surface area contributed by atoms with Crippen molar-refractivity contribution >= 4 is 61.3 Å². The van der Waals surface area contributed by atoms with Crippen LogP contribution in [0.15, 0.2) is 37.5 Å². The number of nitrogens with zero attached hydrogens (tertiary/aromatic N) is 8. The summed E-state index contributed by atoms with van der Waals surface area (Å²) < 4.78 is 86.2. The molecular formula is C24H27F2N10O9P2S+. The number of nitrogens with one attached hydrogen (secondary N) is 2. The molecule has 0 aliphatic carbocycles. The largest absolute Gasteiger partial charge is 0.582 e. The fourth-order valence-electron chi connectivity index (χ4n) is 5.64. The van der Waals surface area contributed by atoms with Crippen LogP contribution >= 0.6 is 27.3 Å². The van der Waals surface area contributed by atoms with Gasteiger partial charge in [-0.05, 0) is 4.57 Å². The molecule has 3 aliphatic rings. The molecule has 0 amide bonds.